The number of aromatic nitrogens is 3. The van der Waals surface area contributed by atoms with E-state index in [-0.39, 0.29) is 17.7 Å². The Morgan fingerprint density at radius 3 is 2.62 bits per heavy atom. The number of piperidine rings is 1. The van der Waals surface area contributed by atoms with Gasteiger partial charge in [0.05, 0.1) is 25.8 Å². The first kappa shape index (κ1) is 21.4. The van der Waals surface area contributed by atoms with Crippen LogP contribution in [0.1, 0.15) is 23.3 Å². The lowest BCUT2D eigenvalue weighted by atomic mass is 9.96. The molecule has 0 spiro atoms. The standard InChI is InChI=1S/C23H25N5O4/c1-31-20-6-5-17(12-21(20)32-2)25-22(29)16-4-3-11-28(14-16)23(30)19-13-18(26-27-19)15-7-9-24-10-8-15/h5-10,12-13,16H,3-4,11,14H2,1-2H3,(H,25,29)(H,26,27). The van der Waals surface area contributed by atoms with Crippen molar-refractivity contribution in [2.75, 3.05) is 32.6 Å². The molecule has 1 aromatic carbocycles. The van der Waals surface area contributed by atoms with E-state index in [1.54, 1.807) is 55.8 Å². The second kappa shape index (κ2) is 9.51. The Bertz CT molecular complexity index is 1100. The molecule has 0 bridgehead atoms. The molecule has 1 fully saturated rings. The monoisotopic (exact) mass is 435 g/mol. The van der Waals surface area contributed by atoms with Gasteiger partial charge in [-0.05, 0) is 43.2 Å². The highest BCUT2D eigenvalue weighted by Crippen LogP contribution is 2.30. The molecule has 0 aliphatic carbocycles. The summed E-state index contributed by atoms with van der Waals surface area (Å²) in [6.45, 7) is 0.949. The number of rotatable bonds is 6. The fourth-order valence-corrected chi connectivity index (χ4v) is 3.81. The number of carbonyl (C=O) groups is 2. The van der Waals surface area contributed by atoms with Crippen molar-refractivity contribution >= 4 is 17.5 Å². The molecule has 3 heterocycles. The molecule has 3 aromatic rings. The molecule has 1 atom stereocenters. The Morgan fingerprint density at radius 2 is 1.88 bits per heavy atom. The predicted molar refractivity (Wildman–Crippen MR) is 119 cm³/mol. The molecular formula is C23H25N5O4. The first-order valence-electron chi connectivity index (χ1n) is 10.4. The van der Waals surface area contributed by atoms with Crippen molar-refractivity contribution in [3.8, 4) is 22.8 Å². The minimum Gasteiger partial charge on any atom is -0.493 e. The Labute approximate surface area is 185 Å². The Kier molecular flexibility index (Phi) is 6.34. The van der Waals surface area contributed by atoms with Crippen LogP contribution in [0.5, 0.6) is 11.5 Å². The number of hydrogen-bond donors (Lipinski definition) is 2. The number of H-pyrrole nitrogens is 1. The van der Waals surface area contributed by atoms with Gasteiger partial charge in [0, 0.05) is 42.8 Å². The zero-order chi connectivity index (χ0) is 22.5. The molecule has 1 aliphatic rings. The van der Waals surface area contributed by atoms with Gasteiger partial charge in [-0.15, -0.1) is 0 Å². The van der Waals surface area contributed by atoms with E-state index in [0.29, 0.717) is 48.1 Å². The summed E-state index contributed by atoms with van der Waals surface area (Å²) >= 11 is 0. The fourth-order valence-electron chi connectivity index (χ4n) is 3.81. The van der Waals surface area contributed by atoms with Crippen molar-refractivity contribution in [3.05, 3.63) is 54.5 Å². The van der Waals surface area contributed by atoms with E-state index in [2.05, 4.69) is 20.5 Å². The topological polar surface area (TPSA) is 109 Å². The van der Waals surface area contributed by atoms with Crippen LogP contribution in [0.3, 0.4) is 0 Å². The van der Waals surface area contributed by atoms with E-state index in [9.17, 15) is 9.59 Å². The largest absolute Gasteiger partial charge is 0.493 e. The summed E-state index contributed by atoms with van der Waals surface area (Å²) in [5.74, 6) is 0.530. The van der Waals surface area contributed by atoms with E-state index in [0.717, 1.165) is 12.0 Å². The van der Waals surface area contributed by atoms with Gasteiger partial charge in [0.25, 0.3) is 5.91 Å². The zero-order valence-electron chi connectivity index (χ0n) is 18.0. The molecule has 2 aromatic heterocycles. The van der Waals surface area contributed by atoms with Crippen LogP contribution in [0.4, 0.5) is 5.69 Å². The maximum Gasteiger partial charge on any atom is 0.271 e. The minimum absolute atomic E-state index is 0.128. The number of likely N-dealkylation sites (tertiary alicyclic amines) is 1. The number of nitrogens with zero attached hydrogens (tertiary/aromatic N) is 3. The quantitative estimate of drug-likeness (QED) is 0.616. The van der Waals surface area contributed by atoms with Gasteiger partial charge in [-0.2, -0.15) is 5.10 Å². The summed E-state index contributed by atoms with van der Waals surface area (Å²) in [7, 11) is 3.10. The summed E-state index contributed by atoms with van der Waals surface area (Å²) in [6.07, 6.45) is 4.82. The third-order valence-electron chi connectivity index (χ3n) is 5.51. The van der Waals surface area contributed by atoms with E-state index in [1.165, 1.54) is 0 Å². The van der Waals surface area contributed by atoms with Gasteiger partial charge in [0.15, 0.2) is 11.5 Å². The molecule has 1 unspecified atom stereocenters. The zero-order valence-corrected chi connectivity index (χ0v) is 18.0. The number of anilines is 1. The van der Waals surface area contributed by atoms with Gasteiger partial charge < -0.3 is 19.7 Å². The van der Waals surface area contributed by atoms with Crippen molar-refractivity contribution < 1.29 is 19.1 Å². The maximum atomic E-state index is 13.0. The lowest BCUT2D eigenvalue weighted by Gasteiger charge is -2.31. The molecular weight excluding hydrogens is 410 g/mol. The van der Waals surface area contributed by atoms with Gasteiger partial charge >= 0.3 is 0 Å². The second-order valence-electron chi connectivity index (χ2n) is 7.55. The average molecular weight is 435 g/mol. The van der Waals surface area contributed by atoms with Crippen molar-refractivity contribution in [2.45, 2.75) is 12.8 Å². The molecule has 2 N–H and O–H groups in total. The molecule has 32 heavy (non-hydrogen) atoms. The number of aromatic amines is 1. The Balaban J connectivity index is 1.41. The number of methoxy groups -OCH3 is 2. The van der Waals surface area contributed by atoms with Gasteiger partial charge in [-0.1, -0.05) is 0 Å². The molecule has 1 aliphatic heterocycles. The van der Waals surface area contributed by atoms with Gasteiger partial charge in [-0.25, -0.2) is 0 Å². The second-order valence-corrected chi connectivity index (χ2v) is 7.55. The van der Waals surface area contributed by atoms with Crippen molar-refractivity contribution in [1.29, 1.82) is 0 Å². The summed E-state index contributed by atoms with van der Waals surface area (Å²) in [5.41, 5.74) is 2.57. The highest BCUT2D eigenvalue weighted by molar-refractivity contribution is 5.96. The first-order chi connectivity index (χ1) is 15.6. The van der Waals surface area contributed by atoms with Gasteiger partial charge in [0.2, 0.25) is 5.91 Å². The lowest BCUT2D eigenvalue weighted by molar-refractivity contribution is -0.121. The third kappa shape index (κ3) is 4.56. The number of carbonyl (C=O) groups excluding carboxylic acids is 2. The number of nitrogens with one attached hydrogen (secondary N) is 2. The van der Waals surface area contributed by atoms with Crippen molar-refractivity contribution in [3.63, 3.8) is 0 Å². The molecule has 9 nitrogen and oxygen atoms in total. The number of ether oxygens (including phenoxy) is 2. The van der Waals surface area contributed by atoms with E-state index < -0.39 is 0 Å². The summed E-state index contributed by atoms with van der Waals surface area (Å²) in [6, 6.07) is 10.6. The number of hydrogen-bond acceptors (Lipinski definition) is 6. The van der Waals surface area contributed by atoms with Crippen molar-refractivity contribution in [2.24, 2.45) is 5.92 Å². The van der Waals surface area contributed by atoms with Crippen LogP contribution in [-0.4, -0.2) is 59.2 Å². The summed E-state index contributed by atoms with van der Waals surface area (Å²) < 4.78 is 10.5. The summed E-state index contributed by atoms with van der Waals surface area (Å²) in [5, 5.41) is 9.99. The Morgan fingerprint density at radius 1 is 1.09 bits per heavy atom. The van der Waals surface area contributed by atoms with Crippen LogP contribution in [0.15, 0.2) is 48.8 Å². The molecule has 2 amide bonds. The fraction of sp³-hybridized carbons (Fsp3) is 0.304. The summed E-state index contributed by atoms with van der Waals surface area (Å²) in [4.78, 5) is 31.6. The SMILES string of the molecule is COc1ccc(NC(=O)C2CCCN(C(=O)c3cc(-c4ccncc4)n[nH]3)C2)cc1OC. The number of benzene rings is 1. The van der Waals surface area contributed by atoms with Gasteiger partial charge in [0.1, 0.15) is 5.69 Å². The van der Waals surface area contributed by atoms with E-state index in [1.807, 2.05) is 12.1 Å². The number of pyridine rings is 1. The van der Waals surface area contributed by atoms with Crippen LogP contribution in [0.2, 0.25) is 0 Å². The lowest BCUT2D eigenvalue weighted by Crippen LogP contribution is -2.43. The molecule has 4 rings (SSSR count). The maximum absolute atomic E-state index is 13.0. The third-order valence-corrected chi connectivity index (χ3v) is 5.51. The molecule has 9 heteroatoms. The van der Waals surface area contributed by atoms with E-state index >= 15 is 0 Å². The van der Waals surface area contributed by atoms with Crippen LogP contribution < -0.4 is 14.8 Å². The minimum atomic E-state index is -0.302. The van der Waals surface area contributed by atoms with Gasteiger partial charge in [-0.3, -0.25) is 19.7 Å². The molecule has 166 valence electrons. The normalized spacial score (nSPS) is 15.8. The average Bonchev–Trinajstić information content (AvgIpc) is 3.34. The molecule has 0 radical (unpaired) electrons. The first-order valence-corrected chi connectivity index (χ1v) is 10.4. The predicted octanol–water partition coefficient (Wildman–Crippen LogP) is 2.98. The highest BCUT2D eigenvalue weighted by Gasteiger charge is 2.30. The van der Waals surface area contributed by atoms with E-state index in [4.69, 9.17) is 9.47 Å². The molecule has 1 saturated heterocycles. The smallest absolute Gasteiger partial charge is 0.271 e. The highest BCUT2D eigenvalue weighted by atomic mass is 16.5. The van der Waals surface area contributed by atoms with Crippen LogP contribution in [0.25, 0.3) is 11.3 Å². The number of amides is 2. The van der Waals surface area contributed by atoms with Crippen molar-refractivity contribution in [1.82, 2.24) is 20.1 Å². The van der Waals surface area contributed by atoms with Crippen LogP contribution in [0, 0.1) is 5.92 Å². The van der Waals surface area contributed by atoms with Crippen LogP contribution >= 0.6 is 0 Å². The van der Waals surface area contributed by atoms with Crippen LogP contribution in [-0.2, 0) is 4.79 Å². The molecule has 0 saturated carbocycles. The Hall–Kier alpha value is -3.88.